The van der Waals surface area contributed by atoms with Gasteiger partial charge in [0.25, 0.3) is 6.43 Å². The number of rotatable bonds is 4. The van der Waals surface area contributed by atoms with Crippen LogP contribution < -0.4 is 0 Å². The zero-order valence-corrected chi connectivity index (χ0v) is 13.7. The van der Waals surface area contributed by atoms with Crippen molar-refractivity contribution >= 4 is 27.5 Å². The minimum atomic E-state index is -3.37. The zero-order valence-electron chi connectivity index (χ0n) is 12.0. The van der Waals surface area contributed by atoms with Gasteiger partial charge in [0.15, 0.2) is 9.84 Å². The Morgan fingerprint density at radius 1 is 1.45 bits per heavy atom. The monoisotopic (exact) mass is 349 g/mol. The zero-order chi connectivity index (χ0) is 16.3. The maximum Gasteiger partial charge on any atom is 0.263 e. The van der Waals surface area contributed by atoms with Crippen LogP contribution in [-0.2, 0) is 21.1 Å². The number of amides is 1. The molecule has 1 fully saturated rings. The fourth-order valence-corrected chi connectivity index (χ4v) is 5.17. The van der Waals surface area contributed by atoms with Gasteiger partial charge in [0.2, 0.25) is 5.91 Å². The minimum absolute atomic E-state index is 0.0722. The average molecular weight is 349 g/mol. The molecule has 0 saturated carbocycles. The van der Waals surface area contributed by atoms with Gasteiger partial charge in [-0.05, 0) is 11.6 Å². The topological polar surface area (TPSA) is 54.5 Å². The molecule has 1 saturated heterocycles. The standard InChI is InChI=1S/C14H17F2NO3S2/c1-22(19,20)13-9-21-6-5-17(13)12(18)8-10-3-2-4-11(7-10)14(15)16/h2-4,7,13-14H,5-6,8-9H2,1H3/t13-/m1/s1. The number of sulfone groups is 1. The first-order chi connectivity index (χ1) is 10.3. The van der Waals surface area contributed by atoms with Gasteiger partial charge in [0, 0.05) is 29.9 Å². The summed E-state index contributed by atoms with van der Waals surface area (Å²) in [7, 11) is -3.37. The SMILES string of the molecule is CS(=O)(=O)[C@@H]1CSCCN1C(=O)Cc1cccc(C(F)F)c1. The van der Waals surface area contributed by atoms with E-state index in [0.29, 0.717) is 23.6 Å². The summed E-state index contributed by atoms with van der Waals surface area (Å²) >= 11 is 1.49. The summed E-state index contributed by atoms with van der Waals surface area (Å²) in [5.41, 5.74) is 0.326. The van der Waals surface area contributed by atoms with E-state index < -0.39 is 21.6 Å². The Bertz CT molecular complexity index is 649. The number of nitrogens with zero attached hydrogens (tertiary/aromatic N) is 1. The lowest BCUT2D eigenvalue weighted by Crippen LogP contribution is -2.50. The van der Waals surface area contributed by atoms with Crippen LogP contribution in [0.5, 0.6) is 0 Å². The molecule has 1 amide bonds. The van der Waals surface area contributed by atoms with Gasteiger partial charge in [0.1, 0.15) is 5.37 Å². The van der Waals surface area contributed by atoms with Gasteiger partial charge >= 0.3 is 0 Å². The molecule has 1 heterocycles. The molecule has 0 spiro atoms. The first-order valence-electron chi connectivity index (χ1n) is 6.72. The number of hydrogen-bond acceptors (Lipinski definition) is 4. The van der Waals surface area contributed by atoms with Crippen molar-refractivity contribution < 1.29 is 22.0 Å². The van der Waals surface area contributed by atoms with Crippen molar-refractivity contribution in [2.45, 2.75) is 18.2 Å². The molecule has 1 aliphatic heterocycles. The molecule has 1 aromatic rings. The Labute approximate surface area is 132 Å². The van der Waals surface area contributed by atoms with Crippen molar-refractivity contribution in [2.24, 2.45) is 0 Å². The fourth-order valence-electron chi connectivity index (χ4n) is 2.34. The summed E-state index contributed by atoms with van der Waals surface area (Å²) in [5, 5.41) is -0.836. The van der Waals surface area contributed by atoms with Crippen LogP contribution in [-0.4, -0.2) is 48.9 Å². The van der Waals surface area contributed by atoms with Gasteiger partial charge in [-0.2, -0.15) is 11.8 Å². The molecule has 0 N–H and O–H groups in total. The van der Waals surface area contributed by atoms with Crippen LogP contribution in [0.4, 0.5) is 8.78 Å². The Morgan fingerprint density at radius 3 is 2.82 bits per heavy atom. The molecule has 1 aliphatic rings. The summed E-state index contributed by atoms with van der Waals surface area (Å²) in [6.45, 7) is 0.357. The summed E-state index contributed by atoms with van der Waals surface area (Å²) < 4.78 is 48.9. The number of halogens is 2. The van der Waals surface area contributed by atoms with Crippen molar-refractivity contribution in [1.82, 2.24) is 4.90 Å². The van der Waals surface area contributed by atoms with Crippen LogP contribution in [0, 0.1) is 0 Å². The fraction of sp³-hybridized carbons (Fsp3) is 0.500. The van der Waals surface area contributed by atoms with Crippen LogP contribution in [0.25, 0.3) is 0 Å². The first-order valence-corrected chi connectivity index (χ1v) is 9.83. The maximum atomic E-state index is 12.7. The largest absolute Gasteiger partial charge is 0.324 e. The third-order valence-corrected chi connectivity index (χ3v) is 6.10. The average Bonchev–Trinajstić information content (AvgIpc) is 2.46. The van der Waals surface area contributed by atoms with Crippen LogP contribution in [0.3, 0.4) is 0 Å². The molecule has 8 heteroatoms. The molecule has 0 aromatic heterocycles. The van der Waals surface area contributed by atoms with E-state index in [1.807, 2.05) is 0 Å². The number of benzene rings is 1. The van der Waals surface area contributed by atoms with Gasteiger partial charge in [-0.15, -0.1) is 0 Å². The van der Waals surface area contributed by atoms with Gasteiger partial charge in [0.05, 0.1) is 6.42 Å². The molecule has 1 atom stereocenters. The Hall–Kier alpha value is -1.15. The molecule has 0 aliphatic carbocycles. The third-order valence-electron chi connectivity index (χ3n) is 3.46. The summed E-state index contributed by atoms with van der Waals surface area (Å²) in [6.07, 6.45) is -1.55. The van der Waals surface area contributed by atoms with E-state index in [4.69, 9.17) is 0 Å². The predicted octanol–water partition coefficient (Wildman–Crippen LogP) is 2.11. The number of thioether (sulfide) groups is 1. The Kier molecular flexibility index (Phi) is 5.44. The molecule has 0 radical (unpaired) electrons. The quantitative estimate of drug-likeness (QED) is 0.835. The second-order valence-electron chi connectivity index (χ2n) is 5.17. The molecular formula is C14H17F2NO3S2. The van der Waals surface area contributed by atoms with E-state index in [1.165, 1.54) is 34.9 Å². The minimum Gasteiger partial charge on any atom is -0.324 e. The lowest BCUT2D eigenvalue weighted by Gasteiger charge is -2.34. The van der Waals surface area contributed by atoms with E-state index in [-0.39, 0.29) is 17.9 Å². The number of carbonyl (C=O) groups excluding carboxylic acids is 1. The highest BCUT2D eigenvalue weighted by atomic mass is 32.2. The molecule has 22 heavy (non-hydrogen) atoms. The number of hydrogen-bond donors (Lipinski definition) is 0. The van der Waals surface area contributed by atoms with E-state index >= 15 is 0 Å². The smallest absolute Gasteiger partial charge is 0.263 e. The molecule has 1 aromatic carbocycles. The van der Waals surface area contributed by atoms with E-state index in [9.17, 15) is 22.0 Å². The van der Waals surface area contributed by atoms with Gasteiger partial charge in [-0.1, -0.05) is 18.2 Å². The lowest BCUT2D eigenvalue weighted by molar-refractivity contribution is -0.130. The van der Waals surface area contributed by atoms with Gasteiger partial charge in [-0.3, -0.25) is 4.79 Å². The van der Waals surface area contributed by atoms with E-state index in [2.05, 4.69) is 0 Å². The van der Waals surface area contributed by atoms with Gasteiger partial charge in [-0.25, -0.2) is 17.2 Å². The highest BCUT2D eigenvalue weighted by molar-refractivity contribution is 8.00. The van der Waals surface area contributed by atoms with Crippen LogP contribution in [0.2, 0.25) is 0 Å². The highest BCUT2D eigenvalue weighted by Crippen LogP contribution is 2.23. The van der Waals surface area contributed by atoms with E-state index in [0.717, 1.165) is 6.26 Å². The molecule has 122 valence electrons. The third kappa shape index (κ3) is 4.19. The predicted molar refractivity (Wildman–Crippen MR) is 82.8 cm³/mol. The van der Waals surface area contributed by atoms with Crippen molar-refractivity contribution in [1.29, 1.82) is 0 Å². The second-order valence-corrected chi connectivity index (χ2v) is 8.52. The maximum absolute atomic E-state index is 12.7. The summed E-state index contributed by atoms with van der Waals surface area (Å²) in [4.78, 5) is 13.7. The molecule has 0 bridgehead atoms. The summed E-state index contributed by atoms with van der Waals surface area (Å²) in [5.74, 6) is 0.679. The number of carbonyl (C=O) groups is 1. The van der Waals surface area contributed by atoms with Crippen molar-refractivity contribution in [2.75, 3.05) is 24.3 Å². The van der Waals surface area contributed by atoms with Crippen LogP contribution in [0.15, 0.2) is 24.3 Å². The van der Waals surface area contributed by atoms with Crippen molar-refractivity contribution in [3.63, 3.8) is 0 Å². The lowest BCUT2D eigenvalue weighted by atomic mass is 10.1. The Morgan fingerprint density at radius 2 is 2.18 bits per heavy atom. The summed E-state index contributed by atoms with van der Waals surface area (Å²) in [6, 6.07) is 5.66. The molecule has 4 nitrogen and oxygen atoms in total. The van der Waals surface area contributed by atoms with Crippen LogP contribution in [0.1, 0.15) is 17.6 Å². The van der Waals surface area contributed by atoms with Crippen LogP contribution >= 0.6 is 11.8 Å². The Balaban J connectivity index is 2.15. The second kappa shape index (κ2) is 6.95. The highest BCUT2D eigenvalue weighted by Gasteiger charge is 2.33. The normalized spacial score (nSPS) is 19.5. The number of alkyl halides is 2. The molecule has 2 rings (SSSR count). The molecule has 0 unspecified atom stereocenters. The van der Waals surface area contributed by atoms with Crippen molar-refractivity contribution in [3.8, 4) is 0 Å². The van der Waals surface area contributed by atoms with Gasteiger partial charge < -0.3 is 4.90 Å². The first kappa shape index (κ1) is 17.2. The molecular weight excluding hydrogens is 332 g/mol. The van der Waals surface area contributed by atoms with E-state index in [1.54, 1.807) is 6.07 Å². The van der Waals surface area contributed by atoms with Crippen molar-refractivity contribution in [3.05, 3.63) is 35.4 Å².